The minimum Gasteiger partial charge on any atom is -0.307 e. The highest BCUT2D eigenvalue weighted by Gasteiger charge is 2.32. The molecule has 19 heavy (non-hydrogen) atoms. The van der Waals surface area contributed by atoms with Gasteiger partial charge in [-0.2, -0.15) is 0 Å². The van der Waals surface area contributed by atoms with E-state index >= 15 is 0 Å². The van der Waals surface area contributed by atoms with Crippen LogP contribution in [0, 0.1) is 18.3 Å². The molecule has 1 aromatic carbocycles. The van der Waals surface area contributed by atoms with Gasteiger partial charge in [-0.3, -0.25) is 4.90 Å². The second-order valence-corrected chi connectivity index (χ2v) is 5.72. The lowest BCUT2D eigenvalue weighted by Gasteiger charge is -2.44. The van der Waals surface area contributed by atoms with Gasteiger partial charge in [0.15, 0.2) is 0 Å². The highest BCUT2D eigenvalue weighted by Crippen LogP contribution is 2.24. The van der Waals surface area contributed by atoms with E-state index in [2.05, 4.69) is 67.2 Å². The van der Waals surface area contributed by atoms with Crippen LogP contribution >= 0.6 is 0 Å². The molecular weight excluding hydrogens is 232 g/mol. The van der Waals surface area contributed by atoms with Gasteiger partial charge in [0.05, 0.1) is 6.04 Å². The Labute approximate surface area is 117 Å². The van der Waals surface area contributed by atoms with Crippen LogP contribution in [0.4, 0.5) is 0 Å². The van der Waals surface area contributed by atoms with Crippen molar-refractivity contribution < 1.29 is 0 Å². The summed E-state index contributed by atoms with van der Waals surface area (Å²) in [7, 11) is 0. The summed E-state index contributed by atoms with van der Waals surface area (Å²) in [6, 6.07) is 11.7. The number of benzene rings is 1. The van der Waals surface area contributed by atoms with Gasteiger partial charge in [0.1, 0.15) is 0 Å². The molecule has 102 valence electrons. The Balaban J connectivity index is 2.15. The third-order valence-corrected chi connectivity index (χ3v) is 4.10. The summed E-state index contributed by atoms with van der Waals surface area (Å²) in [6.45, 7) is 8.65. The third kappa shape index (κ3) is 3.18. The zero-order valence-electron chi connectivity index (χ0n) is 12.1. The van der Waals surface area contributed by atoms with Crippen molar-refractivity contribution in [1.82, 2.24) is 10.2 Å². The van der Waals surface area contributed by atoms with Crippen molar-refractivity contribution in [2.75, 3.05) is 13.1 Å². The van der Waals surface area contributed by atoms with E-state index in [1.165, 1.54) is 5.56 Å². The second kappa shape index (κ2) is 6.23. The molecule has 1 N–H and O–H groups in total. The molecule has 1 saturated heterocycles. The first-order valence-corrected chi connectivity index (χ1v) is 7.13. The van der Waals surface area contributed by atoms with Crippen LogP contribution in [0.15, 0.2) is 30.3 Å². The van der Waals surface area contributed by atoms with E-state index in [1.807, 2.05) is 0 Å². The molecule has 0 spiro atoms. The lowest BCUT2D eigenvalue weighted by atomic mass is 9.94. The smallest absolute Gasteiger partial charge is 0.0686 e. The zero-order valence-corrected chi connectivity index (χ0v) is 12.1. The summed E-state index contributed by atoms with van der Waals surface area (Å²) in [6.07, 6.45) is 5.64. The molecule has 3 atom stereocenters. The molecule has 0 amide bonds. The molecule has 1 aliphatic rings. The second-order valence-electron chi connectivity index (χ2n) is 5.72. The third-order valence-electron chi connectivity index (χ3n) is 4.10. The summed E-state index contributed by atoms with van der Waals surface area (Å²) in [4.78, 5) is 2.47. The van der Waals surface area contributed by atoms with E-state index in [0.717, 1.165) is 13.1 Å². The average Bonchev–Trinajstić information content (AvgIpc) is 2.46. The Morgan fingerprint density at radius 1 is 1.26 bits per heavy atom. The Hall–Kier alpha value is -1.30. The summed E-state index contributed by atoms with van der Waals surface area (Å²) in [5.41, 5.74) is 1.35. The highest BCUT2D eigenvalue weighted by atomic mass is 15.3. The molecule has 0 aromatic heterocycles. The molecule has 2 rings (SSSR count). The van der Waals surface area contributed by atoms with E-state index in [9.17, 15) is 0 Å². The van der Waals surface area contributed by atoms with Crippen molar-refractivity contribution >= 4 is 0 Å². The van der Waals surface area contributed by atoms with Gasteiger partial charge in [-0.25, -0.2) is 0 Å². The maximum atomic E-state index is 5.64. The van der Waals surface area contributed by atoms with Gasteiger partial charge in [0.25, 0.3) is 0 Å². The lowest BCUT2D eigenvalue weighted by molar-refractivity contribution is 0.0824. The van der Waals surface area contributed by atoms with E-state index in [0.29, 0.717) is 18.0 Å². The molecule has 1 aliphatic heterocycles. The molecule has 0 radical (unpaired) electrons. The van der Waals surface area contributed by atoms with Crippen LogP contribution in [-0.4, -0.2) is 30.1 Å². The van der Waals surface area contributed by atoms with Crippen LogP contribution in [-0.2, 0) is 0 Å². The SMILES string of the molecule is C#CC(C)N1CC(c2ccccc2)NCC1C(C)C. The summed E-state index contributed by atoms with van der Waals surface area (Å²) in [5.74, 6) is 3.50. The van der Waals surface area contributed by atoms with E-state index in [-0.39, 0.29) is 6.04 Å². The fourth-order valence-electron chi connectivity index (χ4n) is 2.86. The quantitative estimate of drug-likeness (QED) is 0.837. The van der Waals surface area contributed by atoms with Gasteiger partial charge < -0.3 is 5.32 Å². The molecule has 1 heterocycles. The van der Waals surface area contributed by atoms with Crippen molar-refractivity contribution in [3.05, 3.63) is 35.9 Å². The minimum atomic E-state index is 0.195. The Bertz CT molecular complexity index is 432. The van der Waals surface area contributed by atoms with Crippen LogP contribution in [0.5, 0.6) is 0 Å². The molecule has 0 saturated carbocycles. The number of nitrogens with one attached hydrogen (secondary N) is 1. The number of hydrogen-bond acceptors (Lipinski definition) is 2. The van der Waals surface area contributed by atoms with Crippen molar-refractivity contribution in [3.8, 4) is 12.3 Å². The monoisotopic (exact) mass is 256 g/mol. The van der Waals surface area contributed by atoms with Crippen molar-refractivity contribution in [2.45, 2.75) is 38.9 Å². The van der Waals surface area contributed by atoms with Crippen molar-refractivity contribution in [2.24, 2.45) is 5.92 Å². The number of nitrogens with zero attached hydrogens (tertiary/aromatic N) is 1. The molecule has 1 aromatic rings. The van der Waals surface area contributed by atoms with Crippen LogP contribution in [0.25, 0.3) is 0 Å². The fourth-order valence-corrected chi connectivity index (χ4v) is 2.86. The van der Waals surface area contributed by atoms with Gasteiger partial charge in [0.2, 0.25) is 0 Å². The normalized spacial score (nSPS) is 26.1. The average molecular weight is 256 g/mol. The maximum absolute atomic E-state index is 5.64. The molecule has 0 bridgehead atoms. The van der Waals surface area contributed by atoms with Gasteiger partial charge in [-0.1, -0.05) is 50.1 Å². The zero-order chi connectivity index (χ0) is 13.8. The van der Waals surface area contributed by atoms with E-state index < -0.39 is 0 Å². The molecular formula is C17H24N2. The van der Waals surface area contributed by atoms with Crippen molar-refractivity contribution in [1.29, 1.82) is 0 Å². The Morgan fingerprint density at radius 3 is 2.53 bits per heavy atom. The van der Waals surface area contributed by atoms with Gasteiger partial charge in [0, 0.05) is 25.2 Å². The summed E-state index contributed by atoms with van der Waals surface area (Å²) in [5, 5.41) is 3.67. The van der Waals surface area contributed by atoms with Crippen LogP contribution < -0.4 is 5.32 Å². The highest BCUT2D eigenvalue weighted by molar-refractivity contribution is 5.20. The van der Waals surface area contributed by atoms with E-state index in [4.69, 9.17) is 6.42 Å². The predicted molar refractivity (Wildman–Crippen MR) is 80.8 cm³/mol. The van der Waals surface area contributed by atoms with Gasteiger partial charge >= 0.3 is 0 Å². The molecule has 2 heteroatoms. The largest absolute Gasteiger partial charge is 0.307 e. The lowest BCUT2D eigenvalue weighted by Crippen LogP contribution is -2.57. The predicted octanol–water partition coefficient (Wildman–Crippen LogP) is 2.68. The van der Waals surface area contributed by atoms with Crippen LogP contribution in [0.1, 0.15) is 32.4 Å². The number of hydrogen-bond donors (Lipinski definition) is 1. The van der Waals surface area contributed by atoms with Gasteiger partial charge in [-0.05, 0) is 18.4 Å². The van der Waals surface area contributed by atoms with Crippen LogP contribution in [0.2, 0.25) is 0 Å². The van der Waals surface area contributed by atoms with E-state index in [1.54, 1.807) is 0 Å². The standard InChI is InChI=1S/C17H24N2/c1-5-14(4)19-12-16(15-9-7-6-8-10-15)18-11-17(19)13(2)3/h1,6-10,13-14,16-18H,11-12H2,2-4H3. The molecule has 3 unspecified atom stereocenters. The topological polar surface area (TPSA) is 15.3 Å². The summed E-state index contributed by atoms with van der Waals surface area (Å²) < 4.78 is 0. The van der Waals surface area contributed by atoms with Crippen molar-refractivity contribution in [3.63, 3.8) is 0 Å². The maximum Gasteiger partial charge on any atom is 0.0686 e. The summed E-state index contributed by atoms with van der Waals surface area (Å²) >= 11 is 0. The minimum absolute atomic E-state index is 0.195. The number of piperazine rings is 1. The first kappa shape index (κ1) is 14.1. The van der Waals surface area contributed by atoms with Gasteiger partial charge in [-0.15, -0.1) is 6.42 Å². The van der Waals surface area contributed by atoms with Crippen LogP contribution in [0.3, 0.4) is 0 Å². The first-order valence-electron chi connectivity index (χ1n) is 7.13. The molecule has 0 aliphatic carbocycles. The number of terminal acetylenes is 1. The Kier molecular flexibility index (Phi) is 4.63. The number of rotatable bonds is 3. The Morgan fingerprint density at radius 2 is 1.95 bits per heavy atom. The molecule has 1 fully saturated rings. The molecule has 2 nitrogen and oxygen atoms in total. The fraction of sp³-hybridized carbons (Fsp3) is 0.529. The first-order chi connectivity index (χ1) is 9.13.